The van der Waals surface area contributed by atoms with Crippen molar-refractivity contribution in [3.8, 4) is 11.5 Å². The van der Waals surface area contributed by atoms with E-state index in [1.54, 1.807) is 13.0 Å². The van der Waals surface area contributed by atoms with Crippen LogP contribution in [0.15, 0.2) is 18.2 Å². The van der Waals surface area contributed by atoms with E-state index in [0.717, 1.165) is 0 Å². The topological polar surface area (TPSA) is 103 Å². The molecule has 1 aromatic carbocycles. The summed E-state index contributed by atoms with van der Waals surface area (Å²) in [4.78, 5) is 34.5. The molecule has 0 spiro atoms. The number of benzene rings is 1. The van der Waals surface area contributed by atoms with Gasteiger partial charge in [-0.15, -0.1) is 0 Å². The molecule has 3 amide bonds. The standard InChI is InChI=1S/C15H20N2O6/c1-4-16-15(20)17-13(18)9-23-14(19)10-6-7-11(22-5-2)12(8-10)21-3/h6-8H,4-5,9H2,1-3H3,(H2,16,17,18,20). The number of imide groups is 1. The van der Waals surface area contributed by atoms with Crippen LogP contribution in [0.3, 0.4) is 0 Å². The normalized spacial score (nSPS) is 9.70. The molecule has 0 saturated heterocycles. The van der Waals surface area contributed by atoms with E-state index in [0.29, 0.717) is 24.7 Å². The quantitative estimate of drug-likeness (QED) is 0.728. The number of carbonyl (C=O) groups is 3. The number of hydrogen-bond acceptors (Lipinski definition) is 6. The molecule has 8 heteroatoms. The Kier molecular flexibility index (Phi) is 7.38. The van der Waals surface area contributed by atoms with E-state index in [4.69, 9.17) is 14.2 Å². The molecule has 0 aromatic heterocycles. The number of urea groups is 1. The highest BCUT2D eigenvalue weighted by molar-refractivity contribution is 5.97. The van der Waals surface area contributed by atoms with Gasteiger partial charge in [0.1, 0.15) is 0 Å². The van der Waals surface area contributed by atoms with Gasteiger partial charge in [-0.1, -0.05) is 0 Å². The van der Waals surface area contributed by atoms with Gasteiger partial charge < -0.3 is 19.5 Å². The summed E-state index contributed by atoms with van der Waals surface area (Å²) < 4.78 is 15.3. The third-order valence-electron chi connectivity index (χ3n) is 2.62. The van der Waals surface area contributed by atoms with Gasteiger partial charge in [0.25, 0.3) is 5.91 Å². The predicted octanol–water partition coefficient (Wildman–Crippen LogP) is 1.10. The number of nitrogens with one attached hydrogen (secondary N) is 2. The van der Waals surface area contributed by atoms with Crippen LogP contribution in [0.2, 0.25) is 0 Å². The molecule has 23 heavy (non-hydrogen) atoms. The maximum absolute atomic E-state index is 11.9. The molecule has 0 saturated carbocycles. The van der Waals surface area contributed by atoms with Gasteiger partial charge in [0.2, 0.25) is 0 Å². The minimum absolute atomic E-state index is 0.205. The molecule has 1 rings (SSSR count). The Hall–Kier alpha value is -2.77. The number of carbonyl (C=O) groups excluding carboxylic acids is 3. The van der Waals surface area contributed by atoms with Gasteiger partial charge in [0.05, 0.1) is 19.3 Å². The van der Waals surface area contributed by atoms with Crippen molar-refractivity contribution in [1.82, 2.24) is 10.6 Å². The van der Waals surface area contributed by atoms with Gasteiger partial charge in [-0.2, -0.15) is 0 Å². The molecule has 8 nitrogen and oxygen atoms in total. The second-order valence-electron chi connectivity index (χ2n) is 4.28. The van der Waals surface area contributed by atoms with E-state index in [-0.39, 0.29) is 5.56 Å². The average molecular weight is 324 g/mol. The van der Waals surface area contributed by atoms with Crippen molar-refractivity contribution in [2.75, 3.05) is 26.9 Å². The number of rotatable bonds is 7. The first kappa shape index (κ1) is 18.3. The van der Waals surface area contributed by atoms with Crippen LogP contribution in [0.1, 0.15) is 24.2 Å². The van der Waals surface area contributed by atoms with Crippen molar-refractivity contribution in [1.29, 1.82) is 0 Å². The lowest BCUT2D eigenvalue weighted by molar-refractivity contribution is -0.123. The SMILES string of the molecule is CCNC(=O)NC(=O)COC(=O)c1ccc(OCC)c(OC)c1. The van der Waals surface area contributed by atoms with Crippen molar-refractivity contribution in [3.05, 3.63) is 23.8 Å². The van der Waals surface area contributed by atoms with Crippen LogP contribution in [0, 0.1) is 0 Å². The van der Waals surface area contributed by atoms with Gasteiger partial charge in [-0.25, -0.2) is 9.59 Å². The molecule has 0 atom stereocenters. The van der Waals surface area contributed by atoms with Crippen LogP contribution in [0.25, 0.3) is 0 Å². The Bertz CT molecular complexity index is 573. The molecule has 1 aromatic rings. The lowest BCUT2D eigenvalue weighted by Gasteiger charge is -2.11. The van der Waals surface area contributed by atoms with Crippen LogP contribution < -0.4 is 20.1 Å². The summed E-state index contributed by atoms with van der Waals surface area (Å²) >= 11 is 0. The monoisotopic (exact) mass is 324 g/mol. The number of esters is 1. The Labute approximate surface area is 134 Å². The highest BCUT2D eigenvalue weighted by Crippen LogP contribution is 2.28. The molecular formula is C15H20N2O6. The Morgan fingerprint density at radius 3 is 2.48 bits per heavy atom. The maximum Gasteiger partial charge on any atom is 0.338 e. The summed E-state index contributed by atoms with van der Waals surface area (Å²) in [6, 6.07) is 3.89. The van der Waals surface area contributed by atoms with Crippen LogP contribution in [0.5, 0.6) is 11.5 Å². The molecule has 0 aliphatic rings. The fraction of sp³-hybridized carbons (Fsp3) is 0.400. The molecular weight excluding hydrogens is 304 g/mol. The van der Waals surface area contributed by atoms with Crippen molar-refractivity contribution in [3.63, 3.8) is 0 Å². The van der Waals surface area contributed by atoms with Gasteiger partial charge in [0.15, 0.2) is 18.1 Å². The number of methoxy groups -OCH3 is 1. The Balaban J connectivity index is 2.61. The third kappa shape index (κ3) is 5.85. The minimum Gasteiger partial charge on any atom is -0.493 e. The summed E-state index contributed by atoms with van der Waals surface area (Å²) in [7, 11) is 1.45. The second-order valence-corrected chi connectivity index (χ2v) is 4.28. The minimum atomic E-state index is -0.720. The smallest absolute Gasteiger partial charge is 0.338 e. The van der Waals surface area contributed by atoms with E-state index in [2.05, 4.69) is 5.32 Å². The summed E-state index contributed by atoms with van der Waals surface area (Å²) in [5.41, 5.74) is 0.205. The van der Waals surface area contributed by atoms with Gasteiger partial charge in [-0.05, 0) is 32.0 Å². The van der Waals surface area contributed by atoms with E-state index in [1.807, 2.05) is 12.2 Å². The first-order valence-electron chi connectivity index (χ1n) is 7.07. The first-order chi connectivity index (χ1) is 11.0. The van der Waals surface area contributed by atoms with E-state index in [1.165, 1.54) is 19.2 Å². The average Bonchev–Trinajstić information content (AvgIpc) is 2.53. The van der Waals surface area contributed by atoms with E-state index < -0.39 is 24.5 Å². The molecule has 126 valence electrons. The zero-order valence-corrected chi connectivity index (χ0v) is 13.3. The van der Waals surface area contributed by atoms with Crippen LogP contribution >= 0.6 is 0 Å². The first-order valence-corrected chi connectivity index (χ1v) is 7.07. The Morgan fingerprint density at radius 2 is 1.87 bits per heavy atom. The summed E-state index contributed by atoms with van der Waals surface area (Å²) in [5.74, 6) is -0.548. The molecule has 0 aliphatic carbocycles. The fourth-order valence-electron chi connectivity index (χ4n) is 1.65. The summed E-state index contributed by atoms with van der Waals surface area (Å²) in [5, 5.41) is 4.41. The third-order valence-corrected chi connectivity index (χ3v) is 2.62. The zero-order valence-electron chi connectivity index (χ0n) is 13.3. The van der Waals surface area contributed by atoms with E-state index >= 15 is 0 Å². The van der Waals surface area contributed by atoms with Gasteiger partial charge in [0, 0.05) is 6.54 Å². The van der Waals surface area contributed by atoms with Crippen molar-refractivity contribution >= 4 is 17.9 Å². The number of amides is 3. The second kappa shape index (κ2) is 9.29. The molecule has 0 radical (unpaired) electrons. The van der Waals surface area contributed by atoms with Gasteiger partial charge in [-0.3, -0.25) is 10.1 Å². The highest BCUT2D eigenvalue weighted by Gasteiger charge is 2.14. The summed E-state index contributed by atoms with van der Waals surface area (Å²) in [6.45, 7) is 3.81. The van der Waals surface area contributed by atoms with Crippen molar-refractivity contribution in [2.45, 2.75) is 13.8 Å². The summed E-state index contributed by atoms with van der Waals surface area (Å²) in [6.07, 6.45) is 0. The largest absolute Gasteiger partial charge is 0.493 e. The molecule has 2 N–H and O–H groups in total. The fourth-order valence-corrected chi connectivity index (χ4v) is 1.65. The molecule has 0 fully saturated rings. The molecule has 0 unspecified atom stereocenters. The molecule has 0 bridgehead atoms. The van der Waals surface area contributed by atoms with Crippen LogP contribution in [0.4, 0.5) is 4.79 Å². The van der Waals surface area contributed by atoms with Crippen molar-refractivity contribution < 1.29 is 28.6 Å². The lowest BCUT2D eigenvalue weighted by Crippen LogP contribution is -2.41. The Morgan fingerprint density at radius 1 is 1.13 bits per heavy atom. The van der Waals surface area contributed by atoms with Crippen molar-refractivity contribution in [2.24, 2.45) is 0 Å². The van der Waals surface area contributed by atoms with Gasteiger partial charge >= 0.3 is 12.0 Å². The molecule has 0 aliphatic heterocycles. The number of hydrogen-bond donors (Lipinski definition) is 2. The lowest BCUT2D eigenvalue weighted by atomic mass is 10.2. The van der Waals surface area contributed by atoms with E-state index in [9.17, 15) is 14.4 Å². The van der Waals surface area contributed by atoms with Crippen LogP contribution in [-0.4, -0.2) is 44.8 Å². The molecule has 0 heterocycles. The zero-order chi connectivity index (χ0) is 17.2. The maximum atomic E-state index is 11.9. The highest BCUT2D eigenvalue weighted by atomic mass is 16.5. The number of ether oxygens (including phenoxy) is 3. The predicted molar refractivity (Wildman–Crippen MR) is 81.7 cm³/mol. The van der Waals surface area contributed by atoms with Crippen LogP contribution in [-0.2, 0) is 9.53 Å².